The van der Waals surface area contributed by atoms with Crippen molar-refractivity contribution < 1.29 is 9.53 Å². The van der Waals surface area contributed by atoms with Crippen molar-refractivity contribution in [3.63, 3.8) is 0 Å². The van der Waals surface area contributed by atoms with E-state index in [0.717, 1.165) is 15.7 Å². The molecule has 4 nitrogen and oxygen atoms in total. The molecule has 1 amide bonds. The lowest BCUT2D eigenvalue weighted by Gasteiger charge is -2.17. The summed E-state index contributed by atoms with van der Waals surface area (Å²) in [4.78, 5) is 12.0. The zero-order chi connectivity index (χ0) is 13.7. The molecule has 18 heavy (non-hydrogen) atoms. The summed E-state index contributed by atoms with van der Waals surface area (Å²) in [6, 6.07) is 5.46. The molecule has 0 aliphatic heterocycles. The average molecular weight is 315 g/mol. The Morgan fingerprint density at radius 2 is 2.17 bits per heavy atom. The quantitative estimate of drug-likeness (QED) is 0.877. The Bertz CT molecular complexity index is 421. The second kappa shape index (κ2) is 6.87. The number of rotatable bonds is 5. The van der Waals surface area contributed by atoms with E-state index in [4.69, 9.17) is 10.5 Å². The predicted octanol–water partition coefficient (Wildman–Crippen LogP) is 2.52. The molecule has 0 radical (unpaired) electrons. The first-order valence-corrected chi connectivity index (χ1v) is 6.59. The summed E-state index contributed by atoms with van der Waals surface area (Å²) >= 11 is 3.45. The molecular weight excluding hydrogens is 296 g/mol. The van der Waals surface area contributed by atoms with Crippen LogP contribution in [0.15, 0.2) is 22.7 Å². The zero-order valence-corrected chi connectivity index (χ0v) is 12.5. The van der Waals surface area contributed by atoms with Gasteiger partial charge < -0.3 is 15.8 Å². The monoisotopic (exact) mass is 314 g/mol. The maximum atomic E-state index is 12.0. The number of hydrogen-bond donors (Lipinski definition) is 2. The van der Waals surface area contributed by atoms with Crippen LogP contribution in [0.5, 0.6) is 0 Å². The summed E-state index contributed by atoms with van der Waals surface area (Å²) in [7, 11) is 1.62. The van der Waals surface area contributed by atoms with Crippen LogP contribution in [0.2, 0.25) is 0 Å². The van der Waals surface area contributed by atoms with E-state index in [1.165, 1.54) is 0 Å². The van der Waals surface area contributed by atoms with Gasteiger partial charge in [0.15, 0.2) is 0 Å². The molecule has 0 aliphatic carbocycles. The van der Waals surface area contributed by atoms with Gasteiger partial charge >= 0.3 is 0 Å². The molecule has 0 fully saturated rings. The van der Waals surface area contributed by atoms with Crippen molar-refractivity contribution in [2.75, 3.05) is 12.4 Å². The van der Waals surface area contributed by atoms with Gasteiger partial charge in [-0.15, -0.1) is 0 Å². The Balaban J connectivity index is 2.90. The Morgan fingerprint density at radius 3 is 2.72 bits per heavy atom. The van der Waals surface area contributed by atoms with Gasteiger partial charge in [0.05, 0.1) is 12.5 Å². The molecule has 1 aromatic rings. The molecule has 2 atom stereocenters. The highest BCUT2D eigenvalue weighted by molar-refractivity contribution is 9.10. The van der Waals surface area contributed by atoms with Crippen LogP contribution in [0.25, 0.3) is 0 Å². The Kier molecular flexibility index (Phi) is 5.78. The van der Waals surface area contributed by atoms with E-state index in [2.05, 4.69) is 21.2 Å². The Hall–Kier alpha value is -0.910. The van der Waals surface area contributed by atoms with Crippen molar-refractivity contribution in [3.05, 3.63) is 28.2 Å². The first-order chi connectivity index (χ1) is 8.47. The van der Waals surface area contributed by atoms with Crippen LogP contribution < -0.4 is 11.1 Å². The lowest BCUT2D eigenvalue weighted by molar-refractivity contribution is -0.119. The molecule has 1 aromatic carbocycles. The number of amides is 1. The number of anilines is 1. The van der Waals surface area contributed by atoms with Crippen molar-refractivity contribution in [2.45, 2.75) is 26.5 Å². The largest absolute Gasteiger partial charge is 0.380 e. The molecule has 0 bridgehead atoms. The smallest absolute Gasteiger partial charge is 0.228 e. The van der Waals surface area contributed by atoms with Crippen LogP contribution in [0.3, 0.4) is 0 Å². The predicted molar refractivity (Wildman–Crippen MR) is 76.3 cm³/mol. The summed E-state index contributed by atoms with van der Waals surface area (Å²) in [6.45, 7) is 4.07. The standard InChI is InChI=1S/C13H19BrN2O2/c1-8(9(2)15)13(17)16-12-6-4-5-11(14)10(12)7-18-3/h4-6,8-9H,7,15H2,1-3H3,(H,16,17). The molecule has 100 valence electrons. The summed E-state index contributed by atoms with van der Waals surface area (Å²) < 4.78 is 6.05. The molecule has 0 spiro atoms. The highest BCUT2D eigenvalue weighted by Crippen LogP contribution is 2.26. The number of carbonyl (C=O) groups excluding carboxylic acids is 1. The average Bonchev–Trinajstić information content (AvgIpc) is 2.32. The van der Waals surface area contributed by atoms with Crippen LogP contribution in [0.4, 0.5) is 5.69 Å². The van der Waals surface area contributed by atoms with Gasteiger partial charge in [-0.05, 0) is 19.1 Å². The zero-order valence-electron chi connectivity index (χ0n) is 10.9. The lowest BCUT2D eigenvalue weighted by atomic mass is 10.0. The van der Waals surface area contributed by atoms with Gasteiger partial charge in [0.25, 0.3) is 0 Å². The number of ether oxygens (including phenoxy) is 1. The SMILES string of the molecule is COCc1c(Br)cccc1NC(=O)C(C)C(C)N. The van der Waals surface area contributed by atoms with E-state index in [1.807, 2.05) is 32.0 Å². The van der Waals surface area contributed by atoms with Gasteiger partial charge in [0.1, 0.15) is 0 Å². The van der Waals surface area contributed by atoms with Gasteiger partial charge in [-0.1, -0.05) is 28.9 Å². The molecular formula is C13H19BrN2O2. The topological polar surface area (TPSA) is 64.3 Å². The fourth-order valence-electron chi connectivity index (χ4n) is 1.45. The molecule has 2 unspecified atom stereocenters. The number of hydrogen-bond acceptors (Lipinski definition) is 3. The fourth-order valence-corrected chi connectivity index (χ4v) is 1.93. The first kappa shape index (κ1) is 15.1. The minimum atomic E-state index is -0.237. The van der Waals surface area contributed by atoms with Crippen LogP contribution in [0, 0.1) is 5.92 Å². The van der Waals surface area contributed by atoms with Crippen LogP contribution in [-0.2, 0) is 16.1 Å². The van der Waals surface area contributed by atoms with Gasteiger partial charge in [-0.2, -0.15) is 0 Å². The Labute approximate surface area is 116 Å². The number of halogens is 1. The molecule has 5 heteroatoms. The highest BCUT2D eigenvalue weighted by Gasteiger charge is 2.18. The lowest BCUT2D eigenvalue weighted by Crippen LogP contribution is -2.34. The van der Waals surface area contributed by atoms with E-state index < -0.39 is 0 Å². The number of nitrogens with two attached hydrogens (primary N) is 1. The van der Waals surface area contributed by atoms with E-state index >= 15 is 0 Å². The molecule has 0 aliphatic rings. The van der Waals surface area contributed by atoms with Gasteiger partial charge in [0, 0.05) is 28.9 Å². The van der Waals surface area contributed by atoms with E-state index in [0.29, 0.717) is 6.61 Å². The third kappa shape index (κ3) is 3.80. The molecule has 0 saturated carbocycles. The number of methoxy groups -OCH3 is 1. The minimum Gasteiger partial charge on any atom is -0.380 e. The van der Waals surface area contributed by atoms with Crippen molar-refractivity contribution >= 4 is 27.5 Å². The fraction of sp³-hybridized carbons (Fsp3) is 0.462. The second-order valence-corrected chi connectivity index (χ2v) is 5.19. The molecule has 3 N–H and O–H groups in total. The van der Waals surface area contributed by atoms with Crippen molar-refractivity contribution in [3.8, 4) is 0 Å². The third-order valence-corrected chi connectivity index (χ3v) is 3.61. The molecule has 0 aromatic heterocycles. The van der Waals surface area contributed by atoms with Crippen molar-refractivity contribution in [1.82, 2.24) is 0 Å². The number of benzene rings is 1. The summed E-state index contributed by atoms with van der Waals surface area (Å²) in [5.41, 5.74) is 7.40. The van der Waals surface area contributed by atoms with Crippen LogP contribution in [-0.4, -0.2) is 19.1 Å². The number of nitrogens with one attached hydrogen (secondary N) is 1. The molecule has 1 rings (SSSR count). The Morgan fingerprint density at radius 1 is 1.50 bits per heavy atom. The summed E-state index contributed by atoms with van der Waals surface area (Å²) in [5.74, 6) is -0.320. The van der Waals surface area contributed by atoms with E-state index in [-0.39, 0.29) is 17.9 Å². The van der Waals surface area contributed by atoms with Gasteiger partial charge in [-0.25, -0.2) is 0 Å². The summed E-state index contributed by atoms with van der Waals surface area (Å²) in [6.07, 6.45) is 0. The molecule has 0 heterocycles. The third-order valence-electron chi connectivity index (χ3n) is 2.87. The normalized spacial score (nSPS) is 14.1. The van der Waals surface area contributed by atoms with Crippen molar-refractivity contribution in [2.24, 2.45) is 11.7 Å². The van der Waals surface area contributed by atoms with Crippen LogP contribution >= 0.6 is 15.9 Å². The minimum absolute atomic E-state index is 0.0829. The first-order valence-electron chi connectivity index (χ1n) is 5.80. The maximum Gasteiger partial charge on any atom is 0.228 e. The van der Waals surface area contributed by atoms with Crippen molar-refractivity contribution in [1.29, 1.82) is 0 Å². The second-order valence-electron chi connectivity index (χ2n) is 4.34. The molecule has 0 saturated heterocycles. The highest BCUT2D eigenvalue weighted by atomic mass is 79.9. The summed E-state index contributed by atoms with van der Waals surface area (Å²) in [5, 5.41) is 2.89. The maximum absolute atomic E-state index is 12.0. The van der Waals surface area contributed by atoms with Crippen LogP contribution in [0.1, 0.15) is 19.4 Å². The van der Waals surface area contributed by atoms with E-state index in [9.17, 15) is 4.79 Å². The van der Waals surface area contributed by atoms with E-state index in [1.54, 1.807) is 7.11 Å². The number of carbonyl (C=O) groups is 1. The van der Waals surface area contributed by atoms with Gasteiger partial charge in [-0.3, -0.25) is 4.79 Å². The van der Waals surface area contributed by atoms with Gasteiger partial charge in [0.2, 0.25) is 5.91 Å².